The first kappa shape index (κ1) is 16.2. The van der Waals surface area contributed by atoms with E-state index in [2.05, 4.69) is 33.2 Å². The van der Waals surface area contributed by atoms with Gasteiger partial charge in [0.15, 0.2) is 5.82 Å². The van der Waals surface area contributed by atoms with E-state index in [4.69, 9.17) is 0 Å². The summed E-state index contributed by atoms with van der Waals surface area (Å²) in [7, 11) is 0. The fraction of sp³-hybridized carbons (Fsp3) is 0.333. The average molecular weight is 359 g/mol. The van der Waals surface area contributed by atoms with Crippen molar-refractivity contribution < 1.29 is 4.79 Å². The molecule has 27 heavy (non-hydrogen) atoms. The van der Waals surface area contributed by atoms with Crippen LogP contribution in [-0.2, 0) is 6.54 Å². The normalized spacial score (nSPS) is 17.3. The van der Waals surface area contributed by atoms with Crippen LogP contribution in [0.2, 0.25) is 0 Å². The summed E-state index contributed by atoms with van der Waals surface area (Å²) in [6.07, 6.45) is 4.26. The molecular weight excluding hydrogens is 338 g/mol. The number of aromatic nitrogens is 4. The summed E-state index contributed by atoms with van der Waals surface area (Å²) in [6.45, 7) is 4.75. The van der Waals surface area contributed by atoms with Crippen molar-refractivity contribution >= 4 is 5.91 Å². The average Bonchev–Trinajstić information content (AvgIpc) is 3.37. The number of pyridine rings is 1. The molecule has 6 nitrogen and oxygen atoms in total. The number of hydrogen-bond donors (Lipinski definition) is 1. The predicted molar refractivity (Wildman–Crippen MR) is 102 cm³/mol. The van der Waals surface area contributed by atoms with Gasteiger partial charge in [0.25, 0.3) is 5.91 Å². The van der Waals surface area contributed by atoms with Gasteiger partial charge in [-0.1, -0.05) is 6.07 Å². The molecule has 1 fully saturated rings. The number of rotatable bonds is 4. The molecule has 1 aliphatic heterocycles. The van der Waals surface area contributed by atoms with Crippen molar-refractivity contribution in [2.75, 3.05) is 0 Å². The lowest BCUT2D eigenvalue weighted by Gasteiger charge is -2.23. The van der Waals surface area contributed by atoms with Gasteiger partial charge >= 0.3 is 0 Å². The number of carbonyl (C=O) groups is 1. The Kier molecular flexibility index (Phi) is 3.60. The van der Waals surface area contributed by atoms with E-state index >= 15 is 0 Å². The van der Waals surface area contributed by atoms with Crippen molar-refractivity contribution in [3.05, 3.63) is 53.5 Å². The van der Waals surface area contributed by atoms with Crippen molar-refractivity contribution in [2.24, 2.45) is 5.92 Å². The molecule has 5 rings (SSSR count). The Balaban J connectivity index is 1.46. The monoisotopic (exact) mass is 359 g/mol. The molecule has 1 atom stereocenters. The van der Waals surface area contributed by atoms with E-state index in [1.165, 1.54) is 12.8 Å². The Hall–Kier alpha value is -3.02. The Labute approximate surface area is 157 Å². The highest BCUT2D eigenvalue weighted by Gasteiger charge is 2.38. The third kappa shape index (κ3) is 2.81. The summed E-state index contributed by atoms with van der Waals surface area (Å²) in [5, 5.41) is 7.04. The second-order valence-corrected chi connectivity index (χ2v) is 7.56. The van der Waals surface area contributed by atoms with Crippen molar-refractivity contribution in [2.45, 2.75) is 39.3 Å². The molecule has 1 aliphatic carbocycles. The van der Waals surface area contributed by atoms with Crippen LogP contribution >= 0.6 is 0 Å². The van der Waals surface area contributed by atoms with E-state index in [9.17, 15) is 4.79 Å². The Bertz CT molecular complexity index is 1040. The van der Waals surface area contributed by atoms with E-state index in [-0.39, 0.29) is 5.91 Å². The molecule has 0 bridgehead atoms. The highest BCUT2D eigenvalue weighted by atomic mass is 16.2. The van der Waals surface area contributed by atoms with Crippen LogP contribution in [0, 0.1) is 12.8 Å². The smallest absolute Gasteiger partial charge is 0.254 e. The van der Waals surface area contributed by atoms with Crippen LogP contribution in [0.4, 0.5) is 0 Å². The molecule has 1 aromatic carbocycles. The number of fused-ring (bicyclic) bond motifs is 1. The molecule has 6 heteroatoms. The van der Waals surface area contributed by atoms with Gasteiger partial charge in [0.2, 0.25) is 0 Å². The van der Waals surface area contributed by atoms with Gasteiger partial charge in [-0.15, -0.1) is 0 Å². The first-order valence-corrected chi connectivity index (χ1v) is 9.40. The van der Waals surface area contributed by atoms with Crippen LogP contribution in [0.25, 0.3) is 22.6 Å². The van der Waals surface area contributed by atoms with Gasteiger partial charge in [-0.3, -0.25) is 14.9 Å². The van der Waals surface area contributed by atoms with Crippen LogP contribution in [-0.4, -0.2) is 37.0 Å². The van der Waals surface area contributed by atoms with E-state index in [1.54, 1.807) is 6.20 Å². The largest absolute Gasteiger partial charge is 0.331 e. The third-order valence-corrected chi connectivity index (χ3v) is 5.65. The standard InChI is InChI=1S/C21H21N5O/c1-12(14-3-4-14)26-11-17-9-15(5-6-18(17)21(26)27)16-7-8-22-19(10-16)20-23-13(2)24-25-20/h5-10,12,14H,3-4,11H2,1-2H3,(H,23,24,25)/t12-/m0/s1. The van der Waals surface area contributed by atoms with Gasteiger partial charge in [-0.25, -0.2) is 4.98 Å². The molecule has 3 aromatic rings. The molecule has 136 valence electrons. The maximum atomic E-state index is 12.8. The highest BCUT2D eigenvalue weighted by molar-refractivity contribution is 5.99. The molecule has 0 unspecified atom stereocenters. The summed E-state index contributed by atoms with van der Waals surface area (Å²) in [5.74, 6) is 2.20. The van der Waals surface area contributed by atoms with Crippen molar-refractivity contribution in [1.29, 1.82) is 0 Å². The summed E-state index contributed by atoms with van der Waals surface area (Å²) in [4.78, 5) is 23.5. The Morgan fingerprint density at radius 3 is 2.74 bits per heavy atom. The molecule has 3 heterocycles. The van der Waals surface area contributed by atoms with E-state index < -0.39 is 0 Å². The van der Waals surface area contributed by atoms with Crippen LogP contribution in [0.3, 0.4) is 0 Å². The van der Waals surface area contributed by atoms with Crippen LogP contribution in [0.1, 0.15) is 41.5 Å². The van der Waals surface area contributed by atoms with Gasteiger partial charge in [0.1, 0.15) is 11.5 Å². The van der Waals surface area contributed by atoms with Crippen molar-refractivity contribution in [1.82, 2.24) is 25.1 Å². The number of carbonyl (C=O) groups excluding carboxylic acids is 1. The third-order valence-electron chi connectivity index (χ3n) is 5.65. The molecule has 0 saturated heterocycles. The zero-order chi connectivity index (χ0) is 18.5. The molecule has 2 aromatic heterocycles. The van der Waals surface area contributed by atoms with E-state index in [1.807, 2.05) is 36.1 Å². The van der Waals surface area contributed by atoms with Gasteiger partial charge in [-0.05, 0) is 73.6 Å². The van der Waals surface area contributed by atoms with Crippen LogP contribution < -0.4 is 0 Å². The highest BCUT2D eigenvalue weighted by Crippen LogP contribution is 2.39. The minimum absolute atomic E-state index is 0.169. The predicted octanol–water partition coefficient (Wildman–Crippen LogP) is 3.60. The Morgan fingerprint density at radius 1 is 1.19 bits per heavy atom. The summed E-state index contributed by atoms with van der Waals surface area (Å²) in [6, 6.07) is 10.4. The lowest BCUT2D eigenvalue weighted by Crippen LogP contribution is -2.34. The topological polar surface area (TPSA) is 74.8 Å². The number of benzene rings is 1. The molecule has 1 N–H and O–H groups in total. The maximum absolute atomic E-state index is 12.8. The first-order valence-electron chi connectivity index (χ1n) is 9.40. The SMILES string of the molecule is Cc1nc(-c2cc(-c3ccc4c(c3)CN([C@@H](C)C3CC3)C4=O)ccn2)n[nH]1. The number of H-pyrrole nitrogens is 1. The number of nitrogens with zero attached hydrogens (tertiary/aromatic N) is 4. The molecule has 0 radical (unpaired) electrons. The molecule has 1 saturated carbocycles. The van der Waals surface area contributed by atoms with Crippen molar-refractivity contribution in [3.63, 3.8) is 0 Å². The number of aryl methyl sites for hydroxylation is 1. The summed E-state index contributed by atoms with van der Waals surface area (Å²) in [5.41, 5.74) is 4.81. The number of hydrogen-bond acceptors (Lipinski definition) is 4. The molecule has 1 amide bonds. The number of aromatic amines is 1. The fourth-order valence-electron chi connectivity index (χ4n) is 3.87. The summed E-state index contributed by atoms with van der Waals surface area (Å²) >= 11 is 0. The molecule has 0 spiro atoms. The molecule has 2 aliphatic rings. The van der Waals surface area contributed by atoms with Gasteiger partial charge in [0.05, 0.1) is 0 Å². The minimum Gasteiger partial charge on any atom is -0.331 e. The second kappa shape index (κ2) is 6.01. The van der Waals surface area contributed by atoms with E-state index in [0.29, 0.717) is 24.3 Å². The second-order valence-electron chi connectivity index (χ2n) is 7.56. The van der Waals surface area contributed by atoms with Crippen molar-refractivity contribution in [3.8, 4) is 22.6 Å². The van der Waals surface area contributed by atoms with Gasteiger partial charge in [0, 0.05) is 24.3 Å². The first-order chi connectivity index (χ1) is 13.1. The zero-order valence-corrected chi connectivity index (χ0v) is 15.4. The van der Waals surface area contributed by atoms with Gasteiger partial charge < -0.3 is 4.90 Å². The zero-order valence-electron chi connectivity index (χ0n) is 15.4. The lowest BCUT2D eigenvalue weighted by atomic mass is 10.0. The minimum atomic E-state index is 0.169. The lowest BCUT2D eigenvalue weighted by molar-refractivity contribution is 0.0697. The quantitative estimate of drug-likeness (QED) is 0.772. The molecular formula is C21H21N5O. The number of nitrogens with one attached hydrogen (secondary N) is 1. The Morgan fingerprint density at radius 2 is 2.00 bits per heavy atom. The van der Waals surface area contributed by atoms with Crippen LogP contribution in [0.15, 0.2) is 36.5 Å². The maximum Gasteiger partial charge on any atom is 0.254 e. The van der Waals surface area contributed by atoms with Crippen LogP contribution in [0.5, 0.6) is 0 Å². The fourth-order valence-corrected chi connectivity index (χ4v) is 3.87. The van der Waals surface area contributed by atoms with Gasteiger partial charge in [-0.2, -0.15) is 5.10 Å². The van der Waals surface area contributed by atoms with E-state index in [0.717, 1.165) is 33.8 Å². The summed E-state index contributed by atoms with van der Waals surface area (Å²) < 4.78 is 0. The number of amides is 1.